The number of piperazine rings is 1. The summed E-state index contributed by atoms with van der Waals surface area (Å²) in [5.41, 5.74) is 7.89. The molecule has 0 saturated carbocycles. The number of anilines is 1. The highest BCUT2D eigenvalue weighted by Crippen LogP contribution is 2.67. The predicted octanol–water partition coefficient (Wildman–Crippen LogP) is 3.80. The number of methoxy groups -OCH3 is 1. The fourth-order valence-electron chi connectivity index (χ4n) is 8.64. The fraction of sp³-hybridized carbons (Fsp3) is 0.469. The normalized spacial score (nSPS) is 28.1. The van der Waals surface area contributed by atoms with Gasteiger partial charge in [-0.05, 0) is 92.7 Å². The summed E-state index contributed by atoms with van der Waals surface area (Å²) in [7, 11) is 3.99. The minimum Gasteiger partial charge on any atom is -0.508 e. The Bertz CT molecular complexity index is 1520. The lowest BCUT2D eigenvalue weighted by Crippen LogP contribution is -2.62. The number of rotatable bonds is 3. The number of nitrogens with zero attached hydrogens (tertiary/aromatic N) is 3. The number of phenols is 1. The number of aromatic nitrogens is 1. The zero-order valence-corrected chi connectivity index (χ0v) is 23.4. The number of H-pyrrole nitrogens is 1. The first-order valence-corrected chi connectivity index (χ1v) is 14.5. The molecule has 2 aromatic carbocycles. The zero-order chi connectivity index (χ0) is 27.3. The van der Waals surface area contributed by atoms with Crippen LogP contribution in [0.25, 0.3) is 0 Å². The van der Waals surface area contributed by atoms with E-state index in [1.165, 1.54) is 16.7 Å². The number of aromatic amines is 1. The molecular weight excluding hydrogens is 504 g/mol. The Morgan fingerprint density at radius 1 is 1.07 bits per heavy atom. The minimum absolute atomic E-state index is 0.0756. The van der Waals surface area contributed by atoms with Crippen LogP contribution in [0.15, 0.2) is 36.4 Å². The quantitative estimate of drug-likeness (QED) is 0.526. The van der Waals surface area contributed by atoms with Gasteiger partial charge in [0.1, 0.15) is 17.5 Å². The number of carbonyl (C=O) groups excluding carboxylic acids is 1. The number of aromatic hydroxyl groups is 1. The van der Waals surface area contributed by atoms with E-state index in [4.69, 9.17) is 9.47 Å². The Balaban J connectivity index is 1.14. The number of hydrogen-bond donors (Lipinski definition) is 2. The Morgan fingerprint density at radius 2 is 1.85 bits per heavy atom. The molecule has 208 valence electrons. The average Bonchev–Trinajstić information content (AvgIpc) is 3.49. The van der Waals surface area contributed by atoms with Gasteiger partial charge in [-0.2, -0.15) is 0 Å². The molecule has 8 rings (SSSR count). The molecule has 1 aromatic heterocycles. The van der Waals surface area contributed by atoms with Gasteiger partial charge in [0, 0.05) is 48.9 Å². The Kier molecular flexibility index (Phi) is 5.09. The van der Waals surface area contributed by atoms with Crippen molar-refractivity contribution in [3.05, 3.63) is 70.0 Å². The van der Waals surface area contributed by atoms with Crippen molar-refractivity contribution in [1.82, 2.24) is 14.8 Å². The van der Waals surface area contributed by atoms with Gasteiger partial charge >= 0.3 is 0 Å². The molecule has 40 heavy (non-hydrogen) atoms. The Labute approximate surface area is 234 Å². The number of fused-ring (bicyclic) bond motifs is 2. The highest BCUT2D eigenvalue weighted by atomic mass is 16.5. The summed E-state index contributed by atoms with van der Waals surface area (Å²) in [4.78, 5) is 24.4. The molecular formula is C32H36N4O4. The summed E-state index contributed by atoms with van der Waals surface area (Å²) in [5, 5.41) is 9.63. The van der Waals surface area contributed by atoms with Crippen LogP contribution in [-0.4, -0.2) is 78.7 Å². The summed E-state index contributed by atoms with van der Waals surface area (Å²) in [6.07, 6.45) is 2.91. The van der Waals surface area contributed by atoms with E-state index in [2.05, 4.69) is 40.9 Å². The van der Waals surface area contributed by atoms with E-state index >= 15 is 0 Å². The van der Waals surface area contributed by atoms with Crippen molar-refractivity contribution in [2.75, 3.05) is 51.8 Å². The molecule has 3 aromatic rings. The molecule has 8 heteroatoms. The van der Waals surface area contributed by atoms with Crippen LogP contribution >= 0.6 is 0 Å². The number of nitrogens with one attached hydrogen (secondary N) is 1. The monoisotopic (exact) mass is 540 g/mol. The zero-order valence-electron chi connectivity index (χ0n) is 23.4. The second-order valence-electron chi connectivity index (χ2n) is 12.3. The van der Waals surface area contributed by atoms with Crippen molar-refractivity contribution in [2.45, 2.75) is 43.7 Å². The fourth-order valence-corrected chi connectivity index (χ4v) is 8.64. The van der Waals surface area contributed by atoms with Gasteiger partial charge in [0.05, 0.1) is 12.8 Å². The third-order valence-corrected chi connectivity index (χ3v) is 10.7. The number of carbonyl (C=O) groups is 1. The van der Waals surface area contributed by atoms with Gasteiger partial charge in [0.25, 0.3) is 5.91 Å². The summed E-state index contributed by atoms with van der Waals surface area (Å²) < 4.78 is 12.7. The standard InChI is InChI=1S/C32H36N4O4/c1-18-22-17-23-24-16-19-4-9-25(39-3)29-26(19)32(23,10-11-34(24)2)30(40-29)28(22)33-27(18)31(38)36-14-12-35(13-15-36)20-5-7-21(37)8-6-20/h4-9,23-24,30,33,37H,10-17H2,1-3H3/t23?,24-,30+,32+/m1/s1. The maximum absolute atomic E-state index is 14.0. The van der Waals surface area contributed by atoms with Crippen LogP contribution < -0.4 is 14.4 Å². The van der Waals surface area contributed by atoms with Gasteiger partial charge in [-0.15, -0.1) is 0 Å². The van der Waals surface area contributed by atoms with Crippen molar-refractivity contribution in [1.29, 1.82) is 0 Å². The number of piperidine rings is 1. The predicted molar refractivity (Wildman–Crippen MR) is 152 cm³/mol. The summed E-state index contributed by atoms with van der Waals surface area (Å²) in [6.45, 7) is 6.01. The largest absolute Gasteiger partial charge is 0.508 e. The lowest BCUT2D eigenvalue weighted by Gasteiger charge is -2.57. The van der Waals surface area contributed by atoms with Gasteiger partial charge in [0.15, 0.2) is 11.5 Å². The second kappa shape index (κ2) is 8.43. The molecule has 1 amide bonds. The molecule has 4 atom stereocenters. The Morgan fingerprint density at radius 3 is 2.60 bits per heavy atom. The molecule has 1 unspecified atom stereocenters. The summed E-state index contributed by atoms with van der Waals surface area (Å²) in [6, 6.07) is 12.1. The van der Waals surface area contributed by atoms with Crippen LogP contribution in [0, 0.1) is 12.8 Å². The number of likely N-dealkylation sites (tertiary alicyclic amines) is 1. The average molecular weight is 541 g/mol. The van der Waals surface area contributed by atoms with Crippen molar-refractivity contribution in [3.8, 4) is 17.2 Å². The number of ether oxygens (including phenoxy) is 2. The third kappa shape index (κ3) is 3.08. The first-order valence-electron chi connectivity index (χ1n) is 14.5. The van der Waals surface area contributed by atoms with E-state index < -0.39 is 0 Å². The first kappa shape index (κ1) is 24.2. The number of phenolic OH excluding ortho intramolecular Hbond substituents is 1. The second-order valence-corrected chi connectivity index (χ2v) is 12.3. The number of amides is 1. The van der Waals surface area contributed by atoms with E-state index in [9.17, 15) is 9.90 Å². The van der Waals surface area contributed by atoms with Crippen molar-refractivity contribution in [3.63, 3.8) is 0 Å². The molecule has 0 radical (unpaired) electrons. The van der Waals surface area contributed by atoms with Crippen LogP contribution in [0.2, 0.25) is 0 Å². The Hall–Kier alpha value is -3.65. The van der Waals surface area contributed by atoms with Crippen LogP contribution in [0.3, 0.4) is 0 Å². The van der Waals surface area contributed by atoms with E-state index in [1.54, 1.807) is 19.2 Å². The number of hydrogen-bond acceptors (Lipinski definition) is 6. The van der Waals surface area contributed by atoms with E-state index in [0.717, 1.165) is 67.3 Å². The van der Waals surface area contributed by atoms with Crippen LogP contribution in [0.4, 0.5) is 5.69 Å². The highest BCUT2D eigenvalue weighted by molar-refractivity contribution is 5.95. The van der Waals surface area contributed by atoms with Crippen molar-refractivity contribution >= 4 is 11.6 Å². The maximum Gasteiger partial charge on any atom is 0.270 e. The summed E-state index contributed by atoms with van der Waals surface area (Å²) >= 11 is 0. The molecule has 3 aliphatic heterocycles. The van der Waals surface area contributed by atoms with Gasteiger partial charge < -0.3 is 34.3 Å². The van der Waals surface area contributed by atoms with Crippen molar-refractivity contribution in [2.24, 2.45) is 5.92 Å². The third-order valence-electron chi connectivity index (χ3n) is 10.7. The molecule has 4 heterocycles. The van der Waals surface area contributed by atoms with Crippen LogP contribution in [0.5, 0.6) is 17.2 Å². The van der Waals surface area contributed by atoms with Gasteiger partial charge in [-0.3, -0.25) is 4.79 Å². The van der Waals surface area contributed by atoms with Gasteiger partial charge in [-0.1, -0.05) is 6.07 Å². The van der Waals surface area contributed by atoms with Gasteiger partial charge in [-0.25, -0.2) is 0 Å². The highest BCUT2D eigenvalue weighted by Gasteiger charge is 2.65. The lowest BCUT2D eigenvalue weighted by molar-refractivity contribution is -0.0256. The van der Waals surface area contributed by atoms with Crippen LogP contribution in [0.1, 0.15) is 51.0 Å². The van der Waals surface area contributed by atoms with Crippen molar-refractivity contribution < 1.29 is 19.4 Å². The first-order chi connectivity index (χ1) is 19.4. The molecule has 1 spiro atoms. The minimum atomic E-state index is -0.130. The molecule has 2 bridgehead atoms. The SMILES string of the molecule is COc1ccc2c3c1O[C@H]1c4[nH]c(C(=O)N5CCN(c6ccc(O)cc6)CC5)c(C)c4CC4[C@@H](C2)N(C)CC[C@@]341. The lowest BCUT2D eigenvalue weighted by atomic mass is 9.51. The molecule has 2 saturated heterocycles. The van der Waals surface area contributed by atoms with E-state index in [-0.39, 0.29) is 23.2 Å². The van der Waals surface area contributed by atoms with Gasteiger partial charge in [0.2, 0.25) is 0 Å². The van der Waals surface area contributed by atoms with E-state index in [0.29, 0.717) is 30.7 Å². The maximum atomic E-state index is 14.0. The smallest absolute Gasteiger partial charge is 0.270 e. The summed E-state index contributed by atoms with van der Waals surface area (Å²) in [5.74, 6) is 2.51. The van der Waals surface area contributed by atoms with Crippen LogP contribution in [-0.2, 0) is 18.3 Å². The number of benzene rings is 2. The molecule has 5 aliphatic rings. The molecule has 2 N–H and O–H groups in total. The molecule has 2 aliphatic carbocycles. The molecule has 2 fully saturated rings. The topological polar surface area (TPSA) is 81.3 Å². The molecule has 8 nitrogen and oxygen atoms in total. The number of likely N-dealkylation sites (N-methyl/N-ethyl adjacent to an activating group) is 1. The van der Waals surface area contributed by atoms with E-state index in [1.807, 2.05) is 17.0 Å².